The van der Waals surface area contributed by atoms with E-state index in [2.05, 4.69) is 11.9 Å². The second-order valence-electron chi connectivity index (χ2n) is 3.77. The number of nitrogens with one attached hydrogen (secondary N) is 1. The first-order valence-corrected chi connectivity index (χ1v) is 5.73. The van der Waals surface area contributed by atoms with E-state index in [1.807, 2.05) is 0 Å². The predicted molar refractivity (Wildman–Crippen MR) is 70.8 cm³/mol. The van der Waals surface area contributed by atoms with Crippen molar-refractivity contribution in [2.75, 3.05) is 32.1 Å². The number of rotatable bonds is 6. The number of halogens is 1. The standard InChI is InChI=1S/C13H17FN2O3/c1-3-4-16(5-6-17)13(18)15-11-7-10(14)8-12(9-11)19-2/h3,7-9,17H,1,4-6H2,2H3,(H,15,18). The van der Waals surface area contributed by atoms with E-state index >= 15 is 0 Å². The zero-order chi connectivity index (χ0) is 14.3. The molecule has 0 aliphatic rings. The lowest BCUT2D eigenvalue weighted by Crippen LogP contribution is -2.37. The van der Waals surface area contributed by atoms with Crippen LogP contribution < -0.4 is 10.1 Å². The Morgan fingerprint density at radius 2 is 2.32 bits per heavy atom. The number of amides is 2. The molecule has 0 aliphatic carbocycles. The fraction of sp³-hybridized carbons (Fsp3) is 0.308. The maximum absolute atomic E-state index is 13.3. The average molecular weight is 268 g/mol. The molecule has 0 unspecified atom stereocenters. The van der Waals surface area contributed by atoms with Crippen molar-refractivity contribution in [1.82, 2.24) is 4.90 Å². The maximum atomic E-state index is 13.3. The highest BCUT2D eigenvalue weighted by Gasteiger charge is 2.12. The highest BCUT2D eigenvalue weighted by molar-refractivity contribution is 5.89. The molecule has 0 aromatic heterocycles. The predicted octanol–water partition coefficient (Wildman–Crippen LogP) is 1.85. The van der Waals surface area contributed by atoms with E-state index in [0.29, 0.717) is 12.3 Å². The molecule has 0 fully saturated rings. The molecule has 0 atom stereocenters. The molecule has 5 nitrogen and oxygen atoms in total. The number of aliphatic hydroxyl groups is 1. The zero-order valence-electron chi connectivity index (χ0n) is 10.7. The minimum atomic E-state index is -0.507. The highest BCUT2D eigenvalue weighted by atomic mass is 19.1. The molecule has 0 radical (unpaired) electrons. The van der Waals surface area contributed by atoms with Gasteiger partial charge in [0, 0.05) is 30.9 Å². The molecule has 0 heterocycles. The Morgan fingerprint density at radius 3 is 2.89 bits per heavy atom. The van der Waals surface area contributed by atoms with Gasteiger partial charge in [0.15, 0.2) is 0 Å². The molecule has 2 amide bonds. The Labute approximate surface area is 111 Å². The highest BCUT2D eigenvalue weighted by Crippen LogP contribution is 2.20. The number of ether oxygens (including phenoxy) is 1. The van der Waals surface area contributed by atoms with Gasteiger partial charge in [-0.15, -0.1) is 6.58 Å². The monoisotopic (exact) mass is 268 g/mol. The van der Waals surface area contributed by atoms with Crippen molar-refractivity contribution in [3.8, 4) is 5.75 Å². The van der Waals surface area contributed by atoms with Crippen molar-refractivity contribution in [2.45, 2.75) is 0 Å². The number of methoxy groups -OCH3 is 1. The molecule has 19 heavy (non-hydrogen) atoms. The van der Waals surface area contributed by atoms with Crippen molar-refractivity contribution < 1.29 is 19.0 Å². The smallest absolute Gasteiger partial charge is 0.322 e. The third-order valence-electron chi connectivity index (χ3n) is 2.36. The number of carbonyl (C=O) groups is 1. The van der Waals surface area contributed by atoms with Crippen LogP contribution in [-0.4, -0.2) is 42.8 Å². The Balaban J connectivity index is 2.79. The average Bonchev–Trinajstić information content (AvgIpc) is 2.37. The van der Waals surface area contributed by atoms with Gasteiger partial charge in [0.25, 0.3) is 0 Å². The Bertz CT molecular complexity index is 452. The molecular weight excluding hydrogens is 251 g/mol. The zero-order valence-corrected chi connectivity index (χ0v) is 10.7. The molecular formula is C13H17FN2O3. The van der Waals surface area contributed by atoms with Gasteiger partial charge in [-0.25, -0.2) is 9.18 Å². The van der Waals surface area contributed by atoms with Gasteiger partial charge in [0.1, 0.15) is 11.6 Å². The van der Waals surface area contributed by atoms with E-state index in [1.165, 1.54) is 30.2 Å². The molecule has 0 saturated heterocycles. The first kappa shape index (κ1) is 15.0. The summed E-state index contributed by atoms with van der Waals surface area (Å²) in [4.78, 5) is 13.2. The normalized spacial score (nSPS) is 9.84. The van der Waals surface area contributed by atoms with E-state index in [9.17, 15) is 9.18 Å². The molecule has 0 aliphatic heterocycles. The lowest BCUT2D eigenvalue weighted by Gasteiger charge is -2.20. The van der Waals surface area contributed by atoms with E-state index in [4.69, 9.17) is 9.84 Å². The lowest BCUT2D eigenvalue weighted by molar-refractivity contribution is 0.195. The summed E-state index contributed by atoms with van der Waals surface area (Å²) < 4.78 is 18.2. The van der Waals surface area contributed by atoms with Crippen molar-refractivity contribution in [3.05, 3.63) is 36.7 Å². The van der Waals surface area contributed by atoms with Crippen LogP contribution in [0.5, 0.6) is 5.75 Å². The molecule has 2 N–H and O–H groups in total. The number of aliphatic hydroxyl groups excluding tert-OH is 1. The van der Waals surface area contributed by atoms with Gasteiger partial charge in [-0.05, 0) is 6.07 Å². The van der Waals surface area contributed by atoms with Crippen molar-refractivity contribution in [2.24, 2.45) is 0 Å². The maximum Gasteiger partial charge on any atom is 0.322 e. The Hall–Kier alpha value is -2.08. The van der Waals surface area contributed by atoms with Crippen LogP contribution in [0.4, 0.5) is 14.9 Å². The van der Waals surface area contributed by atoms with Crippen LogP contribution in [0.2, 0.25) is 0 Å². The van der Waals surface area contributed by atoms with Crippen LogP contribution in [0.3, 0.4) is 0 Å². The lowest BCUT2D eigenvalue weighted by atomic mass is 10.3. The minimum Gasteiger partial charge on any atom is -0.497 e. The van der Waals surface area contributed by atoms with Gasteiger partial charge in [0.05, 0.1) is 13.7 Å². The van der Waals surface area contributed by atoms with Gasteiger partial charge in [-0.3, -0.25) is 0 Å². The Kier molecular flexibility index (Phi) is 5.81. The van der Waals surface area contributed by atoms with Crippen LogP contribution in [0, 0.1) is 5.82 Å². The van der Waals surface area contributed by atoms with Gasteiger partial charge >= 0.3 is 6.03 Å². The van der Waals surface area contributed by atoms with Crippen LogP contribution >= 0.6 is 0 Å². The summed E-state index contributed by atoms with van der Waals surface area (Å²) >= 11 is 0. The fourth-order valence-electron chi connectivity index (χ4n) is 1.51. The van der Waals surface area contributed by atoms with Crippen molar-refractivity contribution in [3.63, 3.8) is 0 Å². The number of anilines is 1. The Morgan fingerprint density at radius 1 is 1.58 bits per heavy atom. The molecule has 0 spiro atoms. The summed E-state index contributed by atoms with van der Waals surface area (Å²) in [6.07, 6.45) is 1.54. The van der Waals surface area contributed by atoms with Crippen molar-refractivity contribution >= 4 is 11.7 Å². The first-order valence-electron chi connectivity index (χ1n) is 5.73. The summed E-state index contributed by atoms with van der Waals surface area (Å²) in [6.45, 7) is 3.83. The third-order valence-corrected chi connectivity index (χ3v) is 2.36. The molecule has 0 bridgehead atoms. The fourth-order valence-corrected chi connectivity index (χ4v) is 1.51. The van der Waals surface area contributed by atoms with Gasteiger partial charge in [-0.2, -0.15) is 0 Å². The topological polar surface area (TPSA) is 61.8 Å². The van der Waals surface area contributed by atoms with E-state index < -0.39 is 11.8 Å². The SMILES string of the molecule is C=CCN(CCO)C(=O)Nc1cc(F)cc(OC)c1. The van der Waals surface area contributed by atoms with Crippen LogP contribution in [0.25, 0.3) is 0 Å². The molecule has 6 heteroatoms. The molecule has 1 aromatic rings. The van der Waals surface area contributed by atoms with Crippen LogP contribution in [0.1, 0.15) is 0 Å². The van der Waals surface area contributed by atoms with Gasteiger partial charge < -0.3 is 20.1 Å². The van der Waals surface area contributed by atoms with Gasteiger partial charge in [0.2, 0.25) is 0 Å². The number of urea groups is 1. The van der Waals surface area contributed by atoms with Crippen LogP contribution in [0.15, 0.2) is 30.9 Å². The third kappa shape index (κ3) is 4.59. The summed E-state index contributed by atoms with van der Waals surface area (Å²) in [5.41, 5.74) is 0.286. The minimum absolute atomic E-state index is 0.159. The van der Waals surface area contributed by atoms with Crippen molar-refractivity contribution in [1.29, 1.82) is 0 Å². The summed E-state index contributed by atoms with van der Waals surface area (Å²) in [6, 6.07) is 3.46. The van der Waals surface area contributed by atoms with E-state index in [0.717, 1.165) is 0 Å². The molecule has 0 saturated carbocycles. The number of nitrogens with zero attached hydrogens (tertiary/aromatic N) is 1. The van der Waals surface area contributed by atoms with Crippen LogP contribution in [-0.2, 0) is 0 Å². The number of hydrogen-bond donors (Lipinski definition) is 2. The second kappa shape index (κ2) is 7.38. The molecule has 104 valence electrons. The second-order valence-corrected chi connectivity index (χ2v) is 3.77. The van der Waals surface area contributed by atoms with E-state index in [-0.39, 0.29) is 18.8 Å². The largest absolute Gasteiger partial charge is 0.497 e. The van der Waals surface area contributed by atoms with E-state index in [1.54, 1.807) is 6.08 Å². The molecule has 1 rings (SSSR count). The van der Waals surface area contributed by atoms with Gasteiger partial charge in [-0.1, -0.05) is 6.08 Å². The number of benzene rings is 1. The number of hydrogen-bond acceptors (Lipinski definition) is 3. The number of carbonyl (C=O) groups excluding carboxylic acids is 1. The molecule has 1 aromatic carbocycles. The first-order chi connectivity index (χ1) is 9.10. The summed E-state index contributed by atoms with van der Waals surface area (Å²) in [5.74, 6) is -0.195. The summed E-state index contributed by atoms with van der Waals surface area (Å²) in [5, 5.41) is 11.4. The summed E-state index contributed by atoms with van der Waals surface area (Å²) in [7, 11) is 1.41. The quantitative estimate of drug-likeness (QED) is 0.774.